The van der Waals surface area contributed by atoms with E-state index in [4.69, 9.17) is 19.2 Å². The minimum absolute atomic E-state index is 0. The van der Waals surface area contributed by atoms with Gasteiger partial charge in [0.2, 0.25) is 0 Å². The Hall–Kier alpha value is 1.73. The van der Waals surface area contributed by atoms with Crippen LogP contribution in [-0.2, 0) is 26.9 Å². The van der Waals surface area contributed by atoms with Crippen molar-refractivity contribution in [3.8, 4) is 0 Å². The molecule has 3 N–H and O–H groups in total. The van der Waals surface area contributed by atoms with Crippen molar-refractivity contribution >= 4 is 34.0 Å². The molecule has 0 aliphatic carbocycles. The SMILES string of the molecule is O=P(O)(O)O.[Ag].[BiH3]. The van der Waals surface area contributed by atoms with Gasteiger partial charge in [-0.1, -0.05) is 0 Å². The minimum atomic E-state index is -4.64. The maximum absolute atomic E-state index is 8.88. The van der Waals surface area contributed by atoms with Gasteiger partial charge in [-0.3, -0.25) is 0 Å². The van der Waals surface area contributed by atoms with E-state index < -0.39 is 7.82 Å². The zero-order valence-electron chi connectivity index (χ0n) is 3.21. The molecule has 0 heterocycles. The molecule has 0 bridgehead atoms. The molecule has 0 saturated carbocycles. The first-order valence-corrected chi connectivity index (χ1v) is 2.35. The van der Waals surface area contributed by atoms with E-state index in [1.807, 2.05) is 0 Å². The van der Waals surface area contributed by atoms with E-state index in [-0.39, 0.29) is 48.6 Å². The Labute approximate surface area is 75.2 Å². The van der Waals surface area contributed by atoms with Crippen LogP contribution >= 0.6 is 7.82 Å². The molecule has 7 heteroatoms. The van der Waals surface area contributed by atoms with Crippen LogP contribution in [0.5, 0.6) is 0 Å². The second-order valence-electron chi connectivity index (χ2n) is 0.513. The van der Waals surface area contributed by atoms with Crippen molar-refractivity contribution in [2.45, 2.75) is 0 Å². The van der Waals surface area contributed by atoms with Crippen LogP contribution in [0.4, 0.5) is 0 Å². The van der Waals surface area contributed by atoms with Gasteiger partial charge in [0.1, 0.15) is 0 Å². The molecule has 0 aromatic rings. The van der Waals surface area contributed by atoms with Gasteiger partial charge in [0.05, 0.1) is 0 Å². The monoisotopic (exact) mass is 417 g/mol. The van der Waals surface area contributed by atoms with Crippen LogP contribution in [0.1, 0.15) is 0 Å². The zero-order valence-corrected chi connectivity index (χ0v) is 11.1. The van der Waals surface area contributed by atoms with Gasteiger partial charge >= 0.3 is 34.0 Å². The second kappa shape index (κ2) is 5.86. The number of phosphoric acid groups is 1. The Bertz CT molecular complexity index is 57.8. The van der Waals surface area contributed by atoms with Gasteiger partial charge in [-0.05, 0) is 0 Å². The summed E-state index contributed by atoms with van der Waals surface area (Å²) in [5.41, 5.74) is 0. The molecule has 51 valence electrons. The van der Waals surface area contributed by atoms with E-state index in [9.17, 15) is 0 Å². The van der Waals surface area contributed by atoms with Crippen LogP contribution in [0, 0.1) is 0 Å². The number of rotatable bonds is 0. The molecule has 0 rings (SSSR count). The predicted octanol–water partition coefficient (Wildman–Crippen LogP) is -2.12. The summed E-state index contributed by atoms with van der Waals surface area (Å²) >= 11 is 0. The van der Waals surface area contributed by atoms with E-state index >= 15 is 0 Å². The Morgan fingerprint density at radius 2 is 1.14 bits per heavy atom. The predicted molar refractivity (Wildman–Crippen MR) is 24.2 cm³/mol. The van der Waals surface area contributed by atoms with Gasteiger partial charge < -0.3 is 14.7 Å². The first-order valence-electron chi connectivity index (χ1n) is 0.783. The summed E-state index contributed by atoms with van der Waals surface area (Å²) in [6, 6.07) is 0. The standard InChI is InChI=1S/Ag.Bi.H3O4P.3H/c;;1-5(2,3)4;;;/h;;(H3,1,2,3,4);;;. The Morgan fingerprint density at radius 3 is 1.14 bits per heavy atom. The Morgan fingerprint density at radius 1 is 1.14 bits per heavy atom. The molecule has 0 spiro atoms. The maximum atomic E-state index is 8.88. The van der Waals surface area contributed by atoms with Gasteiger partial charge in [-0.15, -0.1) is 0 Å². The van der Waals surface area contributed by atoms with Crippen LogP contribution in [0.3, 0.4) is 0 Å². The topological polar surface area (TPSA) is 77.8 Å². The van der Waals surface area contributed by atoms with E-state index in [1.54, 1.807) is 0 Å². The average molecular weight is 418 g/mol. The van der Waals surface area contributed by atoms with E-state index in [2.05, 4.69) is 0 Å². The molecule has 0 atom stereocenters. The molecule has 7 heavy (non-hydrogen) atoms. The van der Waals surface area contributed by atoms with Gasteiger partial charge in [0, 0.05) is 22.4 Å². The molecule has 0 saturated heterocycles. The van der Waals surface area contributed by atoms with Gasteiger partial charge in [0.25, 0.3) is 0 Å². The van der Waals surface area contributed by atoms with Gasteiger partial charge in [0.15, 0.2) is 0 Å². The number of hydrogen-bond donors (Lipinski definition) is 3. The molecule has 0 aliphatic rings. The third-order valence-electron chi connectivity index (χ3n) is 0. The van der Waals surface area contributed by atoms with E-state index in [0.29, 0.717) is 0 Å². The molecule has 0 fully saturated rings. The van der Waals surface area contributed by atoms with Gasteiger partial charge in [-0.2, -0.15) is 0 Å². The molecular weight excluding hydrogens is 412 g/mol. The zero-order chi connectivity index (χ0) is 4.50. The van der Waals surface area contributed by atoms with Crippen LogP contribution < -0.4 is 0 Å². The van der Waals surface area contributed by atoms with Crippen molar-refractivity contribution in [2.24, 2.45) is 0 Å². The van der Waals surface area contributed by atoms with Crippen molar-refractivity contribution < 1.29 is 41.6 Å². The molecule has 0 unspecified atom stereocenters. The average Bonchev–Trinajstić information content (AvgIpc) is 0.722. The van der Waals surface area contributed by atoms with Crippen LogP contribution in [-0.4, -0.2) is 40.9 Å². The molecular formula is H6AgBiO4P. The fourth-order valence-electron chi connectivity index (χ4n) is 0. The molecule has 0 aliphatic heterocycles. The summed E-state index contributed by atoms with van der Waals surface area (Å²) < 4.78 is 8.88. The molecule has 0 aromatic carbocycles. The Kier molecular flexibility index (Phi) is 13.3. The molecule has 1 radical (unpaired) electrons. The summed E-state index contributed by atoms with van der Waals surface area (Å²) in [6.45, 7) is 0. The van der Waals surface area contributed by atoms with Crippen molar-refractivity contribution in [3.05, 3.63) is 0 Å². The summed E-state index contributed by atoms with van der Waals surface area (Å²) in [5.74, 6) is 0. The Balaban J connectivity index is -0.0000000800. The normalized spacial score (nSPS) is 8.43. The van der Waals surface area contributed by atoms with Crippen LogP contribution in [0.2, 0.25) is 0 Å². The fourth-order valence-corrected chi connectivity index (χ4v) is 0. The second-order valence-corrected chi connectivity index (χ2v) is 1.54. The fraction of sp³-hybridized carbons (Fsp3) is 0. The van der Waals surface area contributed by atoms with Gasteiger partial charge in [-0.25, -0.2) is 4.57 Å². The van der Waals surface area contributed by atoms with E-state index in [1.165, 1.54) is 0 Å². The first-order chi connectivity index (χ1) is 2.00. The van der Waals surface area contributed by atoms with Crippen molar-refractivity contribution in [1.29, 1.82) is 0 Å². The van der Waals surface area contributed by atoms with Crippen molar-refractivity contribution in [1.82, 2.24) is 0 Å². The summed E-state index contributed by atoms with van der Waals surface area (Å²) in [6.07, 6.45) is 0. The molecule has 0 amide bonds. The number of hydrogen-bond acceptors (Lipinski definition) is 1. The van der Waals surface area contributed by atoms with Crippen molar-refractivity contribution in [2.75, 3.05) is 0 Å². The van der Waals surface area contributed by atoms with E-state index in [0.717, 1.165) is 0 Å². The van der Waals surface area contributed by atoms with Crippen LogP contribution in [0.25, 0.3) is 0 Å². The summed E-state index contributed by atoms with van der Waals surface area (Å²) in [5, 5.41) is 0. The molecule has 4 nitrogen and oxygen atoms in total. The summed E-state index contributed by atoms with van der Waals surface area (Å²) in [4.78, 5) is 21.6. The first kappa shape index (κ1) is 15.9. The third kappa shape index (κ3) is 84.6. The third-order valence-corrected chi connectivity index (χ3v) is 0. The van der Waals surface area contributed by atoms with Crippen LogP contribution in [0.15, 0.2) is 0 Å². The van der Waals surface area contributed by atoms with Crippen molar-refractivity contribution in [3.63, 3.8) is 0 Å². The quantitative estimate of drug-likeness (QED) is 0.311. The molecule has 0 aromatic heterocycles. The summed E-state index contributed by atoms with van der Waals surface area (Å²) in [7, 11) is -4.64.